The molecule has 90 valence electrons. The van der Waals surface area contributed by atoms with Crippen LogP contribution in [0, 0.1) is 6.92 Å². The number of ether oxygens (including phenoxy) is 1. The lowest BCUT2D eigenvalue weighted by atomic mass is 10.1. The van der Waals surface area contributed by atoms with E-state index in [1.54, 1.807) is 19.1 Å². The molecule has 0 aliphatic rings. The Balaban J connectivity index is 3.42. The molecular weight excluding hydrogens is 230 g/mol. The summed E-state index contributed by atoms with van der Waals surface area (Å²) in [5.74, 6) is 0.595. The van der Waals surface area contributed by atoms with Gasteiger partial charge in [0.15, 0.2) is 9.84 Å². The molecule has 0 amide bonds. The topological polar surface area (TPSA) is 75.6 Å². The Bertz CT molecular complexity index is 482. The van der Waals surface area contributed by atoms with E-state index < -0.39 is 9.84 Å². The first-order valence-electron chi connectivity index (χ1n) is 4.64. The molecule has 0 atom stereocenters. The summed E-state index contributed by atoms with van der Waals surface area (Å²) in [4.78, 5) is 0.201. The average molecular weight is 245 g/mol. The Morgan fingerprint density at radius 3 is 2.50 bits per heavy atom. The molecule has 1 rings (SSSR count). The van der Waals surface area contributed by atoms with Gasteiger partial charge in [0.25, 0.3) is 0 Å². The number of benzene rings is 1. The summed E-state index contributed by atoms with van der Waals surface area (Å²) < 4.78 is 28.2. The van der Waals surface area contributed by atoms with Gasteiger partial charge in [-0.2, -0.15) is 0 Å². The van der Waals surface area contributed by atoms with Crippen LogP contribution in [-0.4, -0.2) is 27.0 Å². The molecule has 16 heavy (non-hydrogen) atoms. The predicted octanol–water partition coefficient (Wildman–Crippen LogP) is 0.886. The van der Waals surface area contributed by atoms with Crippen molar-refractivity contribution in [2.45, 2.75) is 18.4 Å². The highest BCUT2D eigenvalue weighted by Crippen LogP contribution is 2.26. The average Bonchev–Trinajstić information content (AvgIpc) is 2.19. The fourth-order valence-electron chi connectivity index (χ4n) is 1.49. The highest BCUT2D eigenvalue weighted by atomic mass is 32.2. The summed E-state index contributed by atoms with van der Waals surface area (Å²) in [5.41, 5.74) is 3.17. The summed E-state index contributed by atoms with van der Waals surface area (Å²) in [6, 6.07) is 3.15. The zero-order valence-electron chi connectivity index (χ0n) is 9.44. The maximum atomic E-state index is 11.5. The largest absolute Gasteiger partial charge is 0.496 e. The first kappa shape index (κ1) is 13.0. The number of aryl methyl sites for hydroxylation is 1. The molecule has 6 heteroatoms. The molecule has 0 aliphatic heterocycles. The van der Waals surface area contributed by atoms with Gasteiger partial charge in [-0.3, -0.25) is 0 Å². The number of hydrogen-bond donors (Lipinski definition) is 2. The summed E-state index contributed by atoms with van der Waals surface area (Å²) in [6.07, 6.45) is 1.13. The first-order chi connectivity index (χ1) is 7.40. The molecule has 2 N–H and O–H groups in total. The second kappa shape index (κ2) is 4.82. The molecule has 0 fully saturated rings. The van der Waals surface area contributed by atoms with E-state index >= 15 is 0 Å². The van der Waals surface area contributed by atoms with Gasteiger partial charge in [-0.25, -0.2) is 13.9 Å². The van der Waals surface area contributed by atoms with Crippen LogP contribution in [0.5, 0.6) is 5.75 Å². The van der Waals surface area contributed by atoms with Gasteiger partial charge in [-0.05, 0) is 30.2 Å². The Morgan fingerprint density at radius 1 is 1.44 bits per heavy atom. The van der Waals surface area contributed by atoms with Crippen LogP contribution in [0.1, 0.15) is 11.1 Å². The lowest BCUT2D eigenvalue weighted by molar-refractivity contribution is 0.160. The third-order valence-corrected chi connectivity index (χ3v) is 3.43. The van der Waals surface area contributed by atoms with Crippen molar-refractivity contribution >= 4 is 9.84 Å². The zero-order valence-corrected chi connectivity index (χ0v) is 10.3. The zero-order chi connectivity index (χ0) is 12.3. The highest BCUT2D eigenvalue weighted by Gasteiger charge is 2.15. The SMILES string of the molecule is COc1cc(CNO)c(S(C)(=O)=O)cc1C. The molecule has 1 aromatic carbocycles. The van der Waals surface area contributed by atoms with Gasteiger partial charge in [0.2, 0.25) is 0 Å². The number of nitrogens with one attached hydrogen (secondary N) is 1. The van der Waals surface area contributed by atoms with E-state index in [0.29, 0.717) is 11.3 Å². The molecule has 0 saturated carbocycles. The van der Waals surface area contributed by atoms with Crippen LogP contribution >= 0.6 is 0 Å². The van der Waals surface area contributed by atoms with Crippen molar-refractivity contribution in [2.75, 3.05) is 13.4 Å². The Labute approximate surface area is 94.9 Å². The van der Waals surface area contributed by atoms with Gasteiger partial charge in [0.05, 0.1) is 12.0 Å². The van der Waals surface area contributed by atoms with Gasteiger partial charge in [-0.1, -0.05) is 0 Å². The van der Waals surface area contributed by atoms with Gasteiger partial charge >= 0.3 is 0 Å². The molecular formula is C10H15NO4S. The predicted molar refractivity (Wildman–Crippen MR) is 59.5 cm³/mol. The standard InChI is InChI=1S/C10H15NO4S/c1-7-4-10(16(3,13)14)8(6-11-12)5-9(7)15-2/h4-5,11-12H,6H2,1-3H3. The van der Waals surface area contributed by atoms with Crippen molar-refractivity contribution in [1.29, 1.82) is 0 Å². The molecule has 0 radical (unpaired) electrons. The Kier molecular flexibility index (Phi) is 3.90. The van der Waals surface area contributed by atoms with E-state index in [4.69, 9.17) is 9.94 Å². The quantitative estimate of drug-likeness (QED) is 0.770. The number of methoxy groups -OCH3 is 1. The first-order valence-corrected chi connectivity index (χ1v) is 6.53. The second-order valence-electron chi connectivity index (χ2n) is 3.54. The van der Waals surface area contributed by atoms with E-state index in [-0.39, 0.29) is 11.4 Å². The third kappa shape index (κ3) is 2.72. The number of sulfone groups is 1. The minimum atomic E-state index is -3.31. The Morgan fingerprint density at radius 2 is 2.06 bits per heavy atom. The normalized spacial score (nSPS) is 11.5. The highest BCUT2D eigenvalue weighted by molar-refractivity contribution is 7.90. The smallest absolute Gasteiger partial charge is 0.175 e. The van der Waals surface area contributed by atoms with Crippen LogP contribution in [0.25, 0.3) is 0 Å². The van der Waals surface area contributed by atoms with Gasteiger partial charge < -0.3 is 9.94 Å². The van der Waals surface area contributed by atoms with Crippen LogP contribution in [0.4, 0.5) is 0 Å². The maximum absolute atomic E-state index is 11.5. The van der Waals surface area contributed by atoms with E-state index in [9.17, 15) is 8.42 Å². The molecule has 1 aromatic rings. The minimum absolute atomic E-state index is 0.0546. The lowest BCUT2D eigenvalue weighted by Crippen LogP contribution is -2.12. The van der Waals surface area contributed by atoms with Crippen LogP contribution in [0.15, 0.2) is 17.0 Å². The molecule has 5 nitrogen and oxygen atoms in total. The minimum Gasteiger partial charge on any atom is -0.496 e. The molecule has 0 bridgehead atoms. The van der Waals surface area contributed by atoms with Crippen LogP contribution < -0.4 is 10.2 Å². The van der Waals surface area contributed by atoms with Crippen molar-refractivity contribution in [3.8, 4) is 5.75 Å². The number of hydroxylamine groups is 1. The van der Waals surface area contributed by atoms with E-state index in [1.165, 1.54) is 7.11 Å². The van der Waals surface area contributed by atoms with Crippen LogP contribution in [0.3, 0.4) is 0 Å². The van der Waals surface area contributed by atoms with Crippen LogP contribution in [-0.2, 0) is 16.4 Å². The van der Waals surface area contributed by atoms with Gasteiger partial charge in [0.1, 0.15) is 5.75 Å². The van der Waals surface area contributed by atoms with Crippen LogP contribution in [0.2, 0.25) is 0 Å². The molecule has 0 aliphatic carbocycles. The second-order valence-corrected chi connectivity index (χ2v) is 5.52. The summed E-state index contributed by atoms with van der Waals surface area (Å²) in [5, 5.41) is 8.66. The monoisotopic (exact) mass is 245 g/mol. The van der Waals surface area contributed by atoms with E-state index in [0.717, 1.165) is 11.8 Å². The maximum Gasteiger partial charge on any atom is 0.175 e. The fraction of sp³-hybridized carbons (Fsp3) is 0.400. The molecule has 0 heterocycles. The van der Waals surface area contributed by atoms with Gasteiger partial charge in [0, 0.05) is 12.8 Å². The van der Waals surface area contributed by atoms with Crippen molar-refractivity contribution in [1.82, 2.24) is 5.48 Å². The van der Waals surface area contributed by atoms with E-state index in [2.05, 4.69) is 0 Å². The van der Waals surface area contributed by atoms with E-state index in [1.807, 2.05) is 5.48 Å². The van der Waals surface area contributed by atoms with Crippen molar-refractivity contribution in [3.05, 3.63) is 23.3 Å². The van der Waals surface area contributed by atoms with Crippen molar-refractivity contribution in [3.63, 3.8) is 0 Å². The molecule has 0 unspecified atom stereocenters. The molecule has 0 saturated heterocycles. The summed E-state index contributed by atoms with van der Waals surface area (Å²) in [6.45, 7) is 1.82. The van der Waals surface area contributed by atoms with Gasteiger partial charge in [-0.15, -0.1) is 0 Å². The number of rotatable bonds is 4. The Hall–Kier alpha value is -1.11. The summed E-state index contributed by atoms with van der Waals surface area (Å²) in [7, 11) is -1.80. The molecule has 0 spiro atoms. The van der Waals surface area contributed by atoms with Crippen molar-refractivity contribution < 1.29 is 18.4 Å². The third-order valence-electron chi connectivity index (χ3n) is 2.25. The molecule has 0 aromatic heterocycles. The summed E-state index contributed by atoms with van der Waals surface area (Å²) >= 11 is 0. The van der Waals surface area contributed by atoms with Crippen molar-refractivity contribution in [2.24, 2.45) is 0 Å². The number of hydrogen-bond acceptors (Lipinski definition) is 5. The fourth-order valence-corrected chi connectivity index (χ4v) is 2.49. The lowest BCUT2D eigenvalue weighted by Gasteiger charge is -2.12.